The molecule has 0 radical (unpaired) electrons. The minimum Gasteiger partial charge on any atom is -0.395 e. The Bertz CT molecular complexity index is 84.9. The molecule has 0 amide bonds. The third kappa shape index (κ3) is 1.43. The van der Waals surface area contributed by atoms with Crippen molar-refractivity contribution in [3.8, 4) is 0 Å². The van der Waals surface area contributed by atoms with Crippen molar-refractivity contribution in [2.75, 3.05) is 6.61 Å². The van der Waals surface area contributed by atoms with E-state index in [1.165, 1.54) is 0 Å². The second kappa shape index (κ2) is 2.67. The summed E-state index contributed by atoms with van der Waals surface area (Å²) < 4.78 is 0. The van der Waals surface area contributed by atoms with Crippen LogP contribution in [-0.2, 0) is 0 Å². The summed E-state index contributed by atoms with van der Waals surface area (Å²) in [5.74, 6) is 0.724. The lowest BCUT2D eigenvalue weighted by molar-refractivity contribution is 0.251. The largest absolute Gasteiger partial charge is 0.395 e. The van der Waals surface area contributed by atoms with Crippen LogP contribution in [0.1, 0.15) is 20.3 Å². The predicted octanol–water partition coefficient (Wildman–Crippen LogP) is 0.365. The zero-order valence-electron chi connectivity index (χ0n) is 6.09. The first-order valence-electron chi connectivity index (χ1n) is 3.61. The fourth-order valence-electron chi connectivity index (χ4n) is 1.38. The molecule has 1 aliphatic rings. The normalized spacial score (nSPS) is 43.7. The summed E-state index contributed by atoms with van der Waals surface area (Å²) in [5.41, 5.74) is 0. The number of aliphatic hydroxyl groups is 1. The van der Waals surface area contributed by atoms with Crippen LogP contribution in [0.2, 0.25) is 0 Å². The molecule has 1 heterocycles. The van der Waals surface area contributed by atoms with E-state index in [1.54, 1.807) is 0 Å². The zero-order valence-corrected chi connectivity index (χ0v) is 6.09. The number of hydrogen-bond acceptors (Lipinski definition) is 2. The molecule has 1 aliphatic heterocycles. The van der Waals surface area contributed by atoms with E-state index in [-0.39, 0.29) is 6.61 Å². The Labute approximate surface area is 56.3 Å². The van der Waals surface area contributed by atoms with E-state index >= 15 is 0 Å². The van der Waals surface area contributed by atoms with Gasteiger partial charge in [0.1, 0.15) is 0 Å². The molecule has 54 valence electrons. The molecular formula is C7H15NO. The van der Waals surface area contributed by atoms with Crippen LogP contribution in [0, 0.1) is 5.92 Å². The maximum Gasteiger partial charge on any atom is 0.0584 e. The van der Waals surface area contributed by atoms with Crippen molar-refractivity contribution >= 4 is 0 Å². The Balaban J connectivity index is 2.35. The van der Waals surface area contributed by atoms with E-state index < -0.39 is 0 Å². The van der Waals surface area contributed by atoms with Crippen LogP contribution < -0.4 is 5.32 Å². The topological polar surface area (TPSA) is 32.3 Å². The van der Waals surface area contributed by atoms with Gasteiger partial charge in [0.2, 0.25) is 0 Å². The lowest BCUT2D eigenvalue weighted by Gasteiger charge is -2.07. The summed E-state index contributed by atoms with van der Waals surface area (Å²) in [4.78, 5) is 0. The van der Waals surface area contributed by atoms with Gasteiger partial charge in [0.25, 0.3) is 0 Å². The molecule has 2 nitrogen and oxygen atoms in total. The minimum absolute atomic E-state index is 0.286. The molecular weight excluding hydrogens is 114 g/mol. The van der Waals surface area contributed by atoms with Gasteiger partial charge in [-0.1, -0.05) is 6.92 Å². The van der Waals surface area contributed by atoms with Crippen LogP contribution in [0.15, 0.2) is 0 Å². The quantitative estimate of drug-likeness (QED) is 0.536. The van der Waals surface area contributed by atoms with Gasteiger partial charge in [-0.2, -0.15) is 0 Å². The highest BCUT2D eigenvalue weighted by Crippen LogP contribution is 2.18. The highest BCUT2D eigenvalue weighted by atomic mass is 16.3. The Morgan fingerprint density at radius 2 is 2.22 bits per heavy atom. The SMILES string of the molecule is CC1CC(CO)NC1C. The summed E-state index contributed by atoms with van der Waals surface area (Å²) in [7, 11) is 0. The first-order valence-corrected chi connectivity index (χ1v) is 3.61. The van der Waals surface area contributed by atoms with E-state index in [9.17, 15) is 0 Å². The Morgan fingerprint density at radius 1 is 1.56 bits per heavy atom. The molecule has 3 unspecified atom stereocenters. The molecule has 0 aromatic rings. The second-order valence-corrected chi connectivity index (χ2v) is 3.05. The number of nitrogens with one attached hydrogen (secondary N) is 1. The maximum absolute atomic E-state index is 8.74. The minimum atomic E-state index is 0.286. The van der Waals surface area contributed by atoms with Crippen LogP contribution in [0.3, 0.4) is 0 Å². The van der Waals surface area contributed by atoms with Crippen LogP contribution in [0.4, 0.5) is 0 Å². The average molecular weight is 129 g/mol. The van der Waals surface area contributed by atoms with E-state index in [2.05, 4.69) is 19.2 Å². The molecule has 0 aliphatic carbocycles. The van der Waals surface area contributed by atoms with Crippen LogP contribution in [0.5, 0.6) is 0 Å². The highest BCUT2D eigenvalue weighted by Gasteiger charge is 2.25. The van der Waals surface area contributed by atoms with Crippen molar-refractivity contribution in [2.24, 2.45) is 5.92 Å². The Morgan fingerprint density at radius 3 is 2.44 bits per heavy atom. The van der Waals surface area contributed by atoms with Crippen molar-refractivity contribution in [3.63, 3.8) is 0 Å². The lowest BCUT2D eigenvalue weighted by atomic mass is 10.0. The number of aliphatic hydroxyl groups excluding tert-OH is 1. The van der Waals surface area contributed by atoms with Gasteiger partial charge in [0.05, 0.1) is 6.61 Å². The fraction of sp³-hybridized carbons (Fsp3) is 1.00. The molecule has 0 aromatic carbocycles. The maximum atomic E-state index is 8.74. The molecule has 0 bridgehead atoms. The predicted molar refractivity (Wildman–Crippen MR) is 37.3 cm³/mol. The summed E-state index contributed by atoms with van der Waals surface area (Å²) in [6.45, 7) is 4.67. The van der Waals surface area contributed by atoms with Gasteiger partial charge in [-0.25, -0.2) is 0 Å². The van der Waals surface area contributed by atoms with Crippen molar-refractivity contribution in [1.82, 2.24) is 5.32 Å². The van der Waals surface area contributed by atoms with Gasteiger partial charge in [-0.05, 0) is 19.3 Å². The third-order valence-electron chi connectivity index (χ3n) is 2.23. The molecule has 1 saturated heterocycles. The van der Waals surface area contributed by atoms with E-state index in [1.807, 2.05) is 0 Å². The van der Waals surface area contributed by atoms with Gasteiger partial charge in [0, 0.05) is 12.1 Å². The summed E-state index contributed by atoms with van der Waals surface area (Å²) in [5, 5.41) is 12.0. The van der Waals surface area contributed by atoms with E-state index in [0.717, 1.165) is 12.3 Å². The van der Waals surface area contributed by atoms with Crippen molar-refractivity contribution in [1.29, 1.82) is 0 Å². The van der Waals surface area contributed by atoms with Gasteiger partial charge in [-0.15, -0.1) is 0 Å². The van der Waals surface area contributed by atoms with E-state index in [4.69, 9.17) is 5.11 Å². The molecule has 9 heavy (non-hydrogen) atoms. The fourth-order valence-corrected chi connectivity index (χ4v) is 1.38. The van der Waals surface area contributed by atoms with Crippen molar-refractivity contribution in [2.45, 2.75) is 32.4 Å². The second-order valence-electron chi connectivity index (χ2n) is 3.05. The molecule has 1 rings (SSSR count). The first-order chi connectivity index (χ1) is 4.24. The monoisotopic (exact) mass is 129 g/mol. The highest BCUT2D eigenvalue weighted by molar-refractivity contribution is 4.84. The molecule has 0 aromatic heterocycles. The van der Waals surface area contributed by atoms with Crippen molar-refractivity contribution in [3.05, 3.63) is 0 Å². The Kier molecular flexibility index (Phi) is 2.09. The first kappa shape index (κ1) is 7.03. The molecule has 2 heteroatoms. The smallest absolute Gasteiger partial charge is 0.0584 e. The van der Waals surface area contributed by atoms with Crippen LogP contribution in [0.25, 0.3) is 0 Å². The molecule has 0 spiro atoms. The molecule has 2 N–H and O–H groups in total. The lowest BCUT2D eigenvalue weighted by Crippen LogP contribution is -2.30. The standard InChI is InChI=1S/C7H15NO/c1-5-3-7(4-9)8-6(5)2/h5-9H,3-4H2,1-2H3. The molecule has 3 atom stereocenters. The summed E-state index contributed by atoms with van der Waals surface area (Å²) in [6, 6.07) is 0.942. The van der Waals surface area contributed by atoms with Gasteiger partial charge in [0.15, 0.2) is 0 Å². The third-order valence-corrected chi connectivity index (χ3v) is 2.23. The van der Waals surface area contributed by atoms with Crippen LogP contribution in [-0.4, -0.2) is 23.8 Å². The van der Waals surface area contributed by atoms with Gasteiger partial charge >= 0.3 is 0 Å². The Hall–Kier alpha value is -0.0800. The molecule has 1 fully saturated rings. The summed E-state index contributed by atoms with van der Waals surface area (Å²) in [6.07, 6.45) is 1.12. The van der Waals surface area contributed by atoms with Crippen molar-refractivity contribution < 1.29 is 5.11 Å². The van der Waals surface area contributed by atoms with Gasteiger partial charge < -0.3 is 10.4 Å². The average Bonchev–Trinajstić information content (AvgIpc) is 2.13. The number of hydrogen-bond donors (Lipinski definition) is 2. The molecule has 0 saturated carbocycles. The van der Waals surface area contributed by atoms with Gasteiger partial charge in [-0.3, -0.25) is 0 Å². The van der Waals surface area contributed by atoms with E-state index in [0.29, 0.717) is 12.1 Å². The number of rotatable bonds is 1. The summed E-state index contributed by atoms with van der Waals surface area (Å²) >= 11 is 0. The zero-order chi connectivity index (χ0) is 6.85. The van der Waals surface area contributed by atoms with Crippen LogP contribution >= 0.6 is 0 Å².